The lowest BCUT2D eigenvalue weighted by atomic mass is 9.93. The third-order valence-electron chi connectivity index (χ3n) is 8.87. The van der Waals surface area contributed by atoms with Gasteiger partial charge in [0.05, 0.1) is 30.4 Å². The lowest BCUT2D eigenvalue weighted by Gasteiger charge is -2.30. The molecule has 0 amide bonds. The number of halogens is 1. The van der Waals surface area contributed by atoms with Gasteiger partial charge in [-0.25, -0.2) is 4.79 Å². The summed E-state index contributed by atoms with van der Waals surface area (Å²) in [5.74, 6) is -1.27. The van der Waals surface area contributed by atoms with E-state index in [1.165, 1.54) is 38.5 Å². The van der Waals surface area contributed by atoms with E-state index in [2.05, 4.69) is 27.8 Å². The predicted molar refractivity (Wildman–Crippen MR) is 186 cm³/mol. The second kappa shape index (κ2) is 18.0. The fourth-order valence-electron chi connectivity index (χ4n) is 6.18. The van der Waals surface area contributed by atoms with Crippen molar-refractivity contribution in [1.29, 1.82) is 0 Å². The van der Waals surface area contributed by atoms with Crippen LogP contribution in [0.2, 0.25) is 0 Å². The van der Waals surface area contributed by atoms with Crippen molar-refractivity contribution in [3.63, 3.8) is 0 Å². The number of hydrogen-bond donors (Lipinski definition) is 1. The van der Waals surface area contributed by atoms with Crippen molar-refractivity contribution >= 4 is 39.3 Å². The maximum atomic E-state index is 12.9. The van der Waals surface area contributed by atoms with Gasteiger partial charge in [-0.05, 0) is 83.9 Å². The third-order valence-corrected chi connectivity index (χ3v) is 9.52. The Morgan fingerprint density at radius 2 is 1.52 bits per heavy atom. The van der Waals surface area contributed by atoms with Crippen LogP contribution in [0.25, 0.3) is 0 Å². The quantitative estimate of drug-likeness (QED) is 0.0561. The Bertz CT molecular complexity index is 1450. The van der Waals surface area contributed by atoms with E-state index in [4.69, 9.17) is 15.2 Å². The molecule has 1 saturated carbocycles. The van der Waals surface area contributed by atoms with E-state index >= 15 is 0 Å². The molecule has 3 aromatic carbocycles. The fourth-order valence-corrected chi connectivity index (χ4v) is 6.68. The second-order valence-corrected chi connectivity index (χ2v) is 12.9. The molecule has 1 fully saturated rings. The topological polar surface area (TPSA) is 98.9 Å². The average Bonchev–Trinajstić information content (AvgIpc) is 3.37. The number of hydrogen-bond acceptors (Lipinski definition) is 7. The van der Waals surface area contributed by atoms with Gasteiger partial charge in [-0.2, -0.15) is 0 Å². The van der Waals surface area contributed by atoms with Crippen LogP contribution in [-0.4, -0.2) is 48.4 Å². The van der Waals surface area contributed by atoms with Crippen molar-refractivity contribution in [3.05, 3.63) is 99.0 Å². The van der Waals surface area contributed by atoms with Crippen LogP contribution in [0.15, 0.2) is 71.2 Å². The third kappa shape index (κ3) is 9.76. The molecule has 1 aliphatic rings. The normalized spacial score (nSPS) is 14.4. The summed E-state index contributed by atoms with van der Waals surface area (Å²) >= 11 is 3.54. The molecule has 1 unspecified atom stereocenters. The minimum absolute atomic E-state index is 0.0829. The maximum Gasteiger partial charge on any atom is 0.338 e. The molecule has 0 heterocycles. The molecule has 46 heavy (non-hydrogen) atoms. The van der Waals surface area contributed by atoms with Crippen molar-refractivity contribution in [2.45, 2.75) is 90.1 Å². The molecule has 3 aromatic rings. The molecular weight excluding hydrogens is 644 g/mol. The first-order valence-electron chi connectivity index (χ1n) is 16.7. The minimum Gasteiger partial charge on any atom is -0.465 e. The van der Waals surface area contributed by atoms with Crippen molar-refractivity contribution in [3.8, 4) is 0 Å². The number of unbranched alkanes of at least 4 members (excludes halogenated alkanes) is 1. The second-order valence-electron chi connectivity index (χ2n) is 12.0. The van der Waals surface area contributed by atoms with Crippen molar-refractivity contribution in [2.75, 3.05) is 25.5 Å². The molecule has 1 aliphatic carbocycles. The number of nitrogen functional groups attached to an aromatic ring is 1. The van der Waals surface area contributed by atoms with Crippen LogP contribution in [0, 0.1) is 0 Å². The minimum atomic E-state index is -0.467. The molecule has 0 spiro atoms. The van der Waals surface area contributed by atoms with Crippen molar-refractivity contribution < 1.29 is 23.9 Å². The Labute approximate surface area is 282 Å². The van der Waals surface area contributed by atoms with Crippen LogP contribution in [0.3, 0.4) is 0 Å². The zero-order chi connectivity index (χ0) is 32.9. The number of anilines is 1. The van der Waals surface area contributed by atoms with Crippen LogP contribution < -0.4 is 5.73 Å². The average molecular weight is 692 g/mol. The van der Waals surface area contributed by atoms with Crippen LogP contribution in [0.1, 0.15) is 115 Å². The lowest BCUT2D eigenvalue weighted by Crippen LogP contribution is -2.34. The first-order valence-corrected chi connectivity index (χ1v) is 17.5. The number of nitrogens with zero attached hydrogens (tertiary/aromatic N) is 1. The highest BCUT2D eigenvalue weighted by Gasteiger charge is 2.23. The van der Waals surface area contributed by atoms with Crippen LogP contribution in [-0.2, 0) is 20.8 Å². The highest BCUT2D eigenvalue weighted by molar-refractivity contribution is 9.10. The summed E-state index contributed by atoms with van der Waals surface area (Å²) in [6, 6.07) is 20.4. The smallest absolute Gasteiger partial charge is 0.338 e. The first kappa shape index (κ1) is 35.4. The van der Waals surface area contributed by atoms with Crippen LogP contribution in [0.5, 0.6) is 0 Å². The van der Waals surface area contributed by atoms with Gasteiger partial charge >= 0.3 is 11.9 Å². The van der Waals surface area contributed by atoms with E-state index in [0.29, 0.717) is 58.7 Å². The molecule has 4 rings (SSSR count). The summed E-state index contributed by atoms with van der Waals surface area (Å²) in [6.45, 7) is 6.18. The van der Waals surface area contributed by atoms with Gasteiger partial charge in [-0.3, -0.25) is 14.5 Å². The van der Waals surface area contributed by atoms with E-state index < -0.39 is 11.9 Å². The van der Waals surface area contributed by atoms with E-state index in [1.54, 1.807) is 36.4 Å². The van der Waals surface area contributed by atoms with Gasteiger partial charge in [0.25, 0.3) is 0 Å². The largest absolute Gasteiger partial charge is 0.465 e. The van der Waals surface area contributed by atoms with Crippen molar-refractivity contribution in [2.24, 2.45) is 0 Å². The van der Waals surface area contributed by atoms with Crippen LogP contribution >= 0.6 is 15.9 Å². The summed E-state index contributed by atoms with van der Waals surface area (Å²) in [7, 11) is 0. The Morgan fingerprint density at radius 1 is 0.848 bits per heavy atom. The van der Waals surface area contributed by atoms with Gasteiger partial charge in [0, 0.05) is 28.2 Å². The predicted octanol–water partition coefficient (Wildman–Crippen LogP) is 8.48. The Morgan fingerprint density at radius 3 is 2.20 bits per heavy atom. The summed E-state index contributed by atoms with van der Waals surface area (Å²) in [5, 5.41) is 0. The molecule has 0 bridgehead atoms. The summed E-state index contributed by atoms with van der Waals surface area (Å²) in [6.07, 6.45) is 9.20. The number of carbonyl (C=O) groups is 3. The van der Waals surface area contributed by atoms with E-state index in [0.717, 1.165) is 17.7 Å². The lowest BCUT2D eigenvalue weighted by molar-refractivity contribution is -0.145. The van der Waals surface area contributed by atoms with Gasteiger partial charge in [-0.15, -0.1) is 0 Å². The number of ketones is 1. The van der Waals surface area contributed by atoms with E-state index in [1.807, 2.05) is 37.3 Å². The molecule has 1 atom stereocenters. The SMILES string of the molecule is CCC(C(=O)OCCCCOC(=O)c1cc(Br)c(N)c(CN(CC)C2CCCCCC2)c1)c1cccc(C(=O)c2ccccc2)c1. The summed E-state index contributed by atoms with van der Waals surface area (Å²) < 4.78 is 11.9. The molecule has 0 aliphatic heterocycles. The monoisotopic (exact) mass is 690 g/mol. The molecule has 0 radical (unpaired) electrons. The first-order chi connectivity index (χ1) is 22.3. The Balaban J connectivity index is 1.24. The van der Waals surface area contributed by atoms with E-state index in [9.17, 15) is 14.4 Å². The maximum absolute atomic E-state index is 12.9. The van der Waals surface area contributed by atoms with Crippen molar-refractivity contribution in [1.82, 2.24) is 4.90 Å². The fraction of sp³-hybridized carbons (Fsp3) is 0.447. The number of nitrogens with two attached hydrogens (primary N) is 1. The Hall–Kier alpha value is -3.49. The number of benzene rings is 3. The molecule has 246 valence electrons. The molecule has 7 nitrogen and oxygen atoms in total. The Kier molecular flexibility index (Phi) is 13.8. The van der Waals surface area contributed by atoms with Gasteiger partial charge in [0.1, 0.15) is 0 Å². The number of esters is 2. The van der Waals surface area contributed by atoms with Crippen LogP contribution in [0.4, 0.5) is 5.69 Å². The summed E-state index contributed by atoms with van der Waals surface area (Å²) in [5.41, 5.74) is 10.4. The van der Waals surface area contributed by atoms with E-state index in [-0.39, 0.29) is 25.0 Å². The molecular formula is C38H47BrN2O5. The zero-order valence-electron chi connectivity index (χ0n) is 27.1. The number of ether oxygens (including phenoxy) is 2. The zero-order valence-corrected chi connectivity index (χ0v) is 28.7. The van der Waals surface area contributed by atoms with Gasteiger partial charge in [-0.1, -0.05) is 88.1 Å². The van der Waals surface area contributed by atoms with Gasteiger partial charge < -0.3 is 15.2 Å². The number of carbonyl (C=O) groups excluding carboxylic acids is 3. The molecule has 0 aromatic heterocycles. The molecule has 8 heteroatoms. The highest BCUT2D eigenvalue weighted by atomic mass is 79.9. The molecule has 2 N–H and O–H groups in total. The highest BCUT2D eigenvalue weighted by Crippen LogP contribution is 2.30. The summed E-state index contributed by atoms with van der Waals surface area (Å²) in [4.78, 5) is 41.3. The standard InChI is InChI=1S/C38H47BrN2O5/c1-3-33(28-17-14-18-29(23-28)36(42)27-15-8-7-9-16-27)38(44)46-22-13-12-21-45-37(43)30-24-31(35(40)34(39)25-30)26-41(4-2)32-19-10-5-6-11-20-32/h7-9,14-18,23-25,32-33H,3-6,10-13,19-22,26,40H2,1-2H3. The van der Waals surface area contributed by atoms with Gasteiger partial charge in [0.15, 0.2) is 5.78 Å². The van der Waals surface area contributed by atoms with Gasteiger partial charge in [0.2, 0.25) is 0 Å². The number of rotatable bonds is 15. The molecule has 0 saturated heterocycles.